The number of Topliss-reactive ketones (excluding diaryl/α,β-unsaturated/α-hetero) is 1. The van der Waals surface area contributed by atoms with E-state index in [1.807, 2.05) is 18.2 Å². The zero-order valence-corrected chi connectivity index (χ0v) is 10.7. The van der Waals surface area contributed by atoms with Gasteiger partial charge in [-0.3, -0.25) is 14.5 Å². The monoisotopic (exact) mass is 253 g/mol. The van der Waals surface area contributed by atoms with Gasteiger partial charge in [0.15, 0.2) is 5.78 Å². The Kier molecular flexibility index (Phi) is 2.63. The Morgan fingerprint density at radius 1 is 1.11 bits per heavy atom. The lowest BCUT2D eigenvalue weighted by atomic mass is 9.89. The molecule has 2 aliphatic rings. The number of hydrogen-bond donors (Lipinski definition) is 0. The molecule has 1 aromatic carbocycles. The van der Waals surface area contributed by atoms with Gasteiger partial charge in [0.25, 0.3) is 5.91 Å². The number of rotatable bonds is 1. The van der Waals surface area contributed by atoms with Crippen LogP contribution < -0.4 is 0 Å². The summed E-state index contributed by atoms with van der Waals surface area (Å²) in [6.45, 7) is 7.84. The minimum Gasteiger partial charge on any atom is -0.298 e. The van der Waals surface area contributed by atoms with Gasteiger partial charge in [-0.2, -0.15) is 0 Å². The normalized spacial score (nSPS) is 22.9. The average molecular weight is 253 g/mol. The molecule has 1 aliphatic carbocycles. The number of carbonyl (C=O) groups excluding carboxylic acids is 2. The van der Waals surface area contributed by atoms with E-state index in [1.54, 1.807) is 11.0 Å². The Hall–Kier alpha value is -2.16. The van der Waals surface area contributed by atoms with Crippen LogP contribution in [-0.4, -0.2) is 22.6 Å². The van der Waals surface area contributed by atoms with Crippen LogP contribution in [0.3, 0.4) is 0 Å². The molecule has 1 saturated carbocycles. The fourth-order valence-electron chi connectivity index (χ4n) is 2.86. The van der Waals surface area contributed by atoms with Crippen molar-refractivity contribution in [3.05, 3.63) is 54.1 Å². The number of ketones is 1. The molecule has 1 aromatic rings. The summed E-state index contributed by atoms with van der Waals surface area (Å²) in [6.07, 6.45) is 1.82. The van der Waals surface area contributed by atoms with Gasteiger partial charge < -0.3 is 0 Å². The second kappa shape index (κ2) is 4.19. The van der Waals surface area contributed by atoms with Gasteiger partial charge in [0, 0.05) is 23.2 Å². The molecule has 1 aliphatic heterocycles. The molecular weight excluding hydrogens is 238 g/mol. The second-order valence-corrected chi connectivity index (χ2v) is 5.11. The maximum absolute atomic E-state index is 12.4. The molecule has 1 amide bonds. The van der Waals surface area contributed by atoms with Crippen molar-refractivity contribution in [1.82, 2.24) is 4.90 Å². The van der Waals surface area contributed by atoms with Crippen LogP contribution >= 0.6 is 0 Å². The quantitative estimate of drug-likeness (QED) is 0.722. The summed E-state index contributed by atoms with van der Waals surface area (Å²) in [5.74, 6) is -0.0370. The summed E-state index contributed by atoms with van der Waals surface area (Å²) in [6, 6.07) is 7.00. The second-order valence-electron chi connectivity index (χ2n) is 5.11. The predicted octanol–water partition coefficient (Wildman–Crippen LogP) is 2.79. The van der Waals surface area contributed by atoms with Crippen molar-refractivity contribution in [3.8, 4) is 0 Å². The molecule has 19 heavy (non-hydrogen) atoms. The molecule has 0 spiro atoms. The van der Waals surface area contributed by atoms with E-state index in [1.165, 1.54) is 0 Å². The Bertz CT molecular complexity index is 580. The zero-order chi connectivity index (χ0) is 13.6. The van der Waals surface area contributed by atoms with Gasteiger partial charge in [0.05, 0.1) is 6.04 Å². The Morgan fingerprint density at radius 2 is 1.79 bits per heavy atom. The summed E-state index contributed by atoms with van der Waals surface area (Å²) >= 11 is 0. The van der Waals surface area contributed by atoms with Crippen LogP contribution in [0.4, 0.5) is 0 Å². The molecule has 1 atom stereocenters. The van der Waals surface area contributed by atoms with E-state index >= 15 is 0 Å². The maximum atomic E-state index is 12.4. The third-order valence-electron chi connectivity index (χ3n) is 3.86. The summed E-state index contributed by atoms with van der Waals surface area (Å²) in [7, 11) is 0. The number of benzene rings is 1. The number of amides is 1. The molecule has 3 nitrogen and oxygen atoms in total. The lowest BCUT2D eigenvalue weighted by molar-refractivity contribution is -0.123. The van der Waals surface area contributed by atoms with Crippen molar-refractivity contribution in [1.29, 1.82) is 0 Å². The van der Waals surface area contributed by atoms with Gasteiger partial charge in [0.2, 0.25) is 0 Å². The molecule has 1 heterocycles. The third kappa shape index (κ3) is 1.73. The fourth-order valence-corrected chi connectivity index (χ4v) is 2.86. The number of fused-ring (bicyclic) bond motifs is 1. The first-order valence-corrected chi connectivity index (χ1v) is 6.41. The van der Waals surface area contributed by atoms with Crippen LogP contribution in [0.25, 0.3) is 5.70 Å². The number of hydrogen-bond acceptors (Lipinski definition) is 2. The van der Waals surface area contributed by atoms with Crippen molar-refractivity contribution >= 4 is 17.4 Å². The molecule has 0 bridgehead atoms. The summed E-state index contributed by atoms with van der Waals surface area (Å²) in [5.41, 5.74) is 3.08. The summed E-state index contributed by atoms with van der Waals surface area (Å²) < 4.78 is 0. The van der Waals surface area contributed by atoms with Crippen molar-refractivity contribution < 1.29 is 9.59 Å². The highest BCUT2D eigenvalue weighted by molar-refractivity contribution is 6.11. The van der Waals surface area contributed by atoms with E-state index < -0.39 is 0 Å². The lowest BCUT2D eigenvalue weighted by Crippen LogP contribution is -2.42. The van der Waals surface area contributed by atoms with Crippen LogP contribution in [-0.2, 0) is 4.79 Å². The lowest BCUT2D eigenvalue weighted by Gasteiger charge is -2.31. The summed E-state index contributed by atoms with van der Waals surface area (Å²) in [5, 5.41) is 0. The van der Waals surface area contributed by atoms with Crippen molar-refractivity contribution in [2.45, 2.75) is 25.3 Å². The smallest absolute Gasteiger partial charge is 0.259 e. The highest BCUT2D eigenvalue weighted by Gasteiger charge is 2.39. The van der Waals surface area contributed by atoms with E-state index in [0.29, 0.717) is 24.1 Å². The standard InChI is InChI=1S/C16H15NO2/c1-10-7-8-14(15(18)9-10)17-11(2)12-5-3-4-6-13(12)16(17)19/h3-6,14H,1-2,7-9H2. The highest BCUT2D eigenvalue weighted by atomic mass is 16.2. The van der Waals surface area contributed by atoms with Gasteiger partial charge >= 0.3 is 0 Å². The van der Waals surface area contributed by atoms with E-state index in [2.05, 4.69) is 13.2 Å². The van der Waals surface area contributed by atoms with E-state index in [0.717, 1.165) is 17.6 Å². The number of carbonyl (C=O) groups is 2. The third-order valence-corrected chi connectivity index (χ3v) is 3.86. The molecule has 0 saturated heterocycles. The van der Waals surface area contributed by atoms with Gasteiger partial charge in [-0.15, -0.1) is 0 Å². The van der Waals surface area contributed by atoms with Crippen LogP contribution in [0.15, 0.2) is 43.0 Å². The molecule has 1 unspecified atom stereocenters. The predicted molar refractivity (Wildman–Crippen MR) is 73.4 cm³/mol. The first kappa shape index (κ1) is 11.9. The van der Waals surface area contributed by atoms with E-state index in [4.69, 9.17) is 0 Å². The van der Waals surface area contributed by atoms with Gasteiger partial charge in [-0.05, 0) is 18.9 Å². The highest BCUT2D eigenvalue weighted by Crippen LogP contribution is 2.36. The molecular formula is C16H15NO2. The summed E-state index contributed by atoms with van der Waals surface area (Å²) in [4.78, 5) is 26.1. The first-order chi connectivity index (χ1) is 9.09. The zero-order valence-electron chi connectivity index (χ0n) is 10.7. The van der Waals surface area contributed by atoms with Crippen molar-refractivity contribution in [3.63, 3.8) is 0 Å². The van der Waals surface area contributed by atoms with E-state index in [-0.39, 0.29) is 17.7 Å². The minimum absolute atomic E-state index is 0.0681. The largest absolute Gasteiger partial charge is 0.298 e. The molecule has 3 rings (SSSR count). The van der Waals surface area contributed by atoms with Crippen LogP contribution in [0.5, 0.6) is 0 Å². The number of nitrogens with zero attached hydrogens (tertiary/aromatic N) is 1. The maximum Gasteiger partial charge on any atom is 0.259 e. The fraction of sp³-hybridized carbons (Fsp3) is 0.250. The van der Waals surface area contributed by atoms with Crippen molar-refractivity contribution in [2.24, 2.45) is 0 Å². The molecule has 0 radical (unpaired) electrons. The van der Waals surface area contributed by atoms with Crippen LogP contribution in [0, 0.1) is 0 Å². The molecule has 3 heteroatoms. The average Bonchev–Trinajstić information content (AvgIpc) is 2.64. The molecule has 96 valence electrons. The van der Waals surface area contributed by atoms with Crippen LogP contribution in [0.1, 0.15) is 35.2 Å². The van der Waals surface area contributed by atoms with Gasteiger partial charge in [-0.25, -0.2) is 0 Å². The minimum atomic E-state index is -0.377. The first-order valence-electron chi connectivity index (χ1n) is 6.41. The topological polar surface area (TPSA) is 37.4 Å². The Labute approximate surface area is 112 Å². The SMILES string of the molecule is C=C1CCC(N2C(=C)c3ccccc3C2=O)C(=O)C1. The van der Waals surface area contributed by atoms with Gasteiger partial charge in [0.1, 0.15) is 0 Å². The molecule has 1 fully saturated rings. The van der Waals surface area contributed by atoms with Crippen LogP contribution in [0.2, 0.25) is 0 Å². The molecule has 0 N–H and O–H groups in total. The van der Waals surface area contributed by atoms with Gasteiger partial charge in [-0.1, -0.05) is 36.9 Å². The molecule has 0 aromatic heterocycles. The Balaban J connectivity index is 1.96. The van der Waals surface area contributed by atoms with Crippen molar-refractivity contribution in [2.75, 3.05) is 0 Å². The Morgan fingerprint density at radius 3 is 2.42 bits per heavy atom. The van der Waals surface area contributed by atoms with E-state index in [9.17, 15) is 9.59 Å². The number of allylic oxidation sites excluding steroid dienone is 1.